The van der Waals surface area contributed by atoms with Gasteiger partial charge >= 0.3 is 12.0 Å². The number of nitrogens with one attached hydrogen (secondary N) is 1. The van der Waals surface area contributed by atoms with Crippen molar-refractivity contribution >= 4 is 17.9 Å². The van der Waals surface area contributed by atoms with Crippen LogP contribution in [0.2, 0.25) is 0 Å². The molecule has 0 spiro atoms. The van der Waals surface area contributed by atoms with Crippen LogP contribution in [0.1, 0.15) is 13.3 Å². The first-order valence-electron chi connectivity index (χ1n) is 5.50. The van der Waals surface area contributed by atoms with Gasteiger partial charge in [-0.3, -0.25) is 10.1 Å². The lowest BCUT2D eigenvalue weighted by atomic mass is 10.4. The molecule has 0 aliphatic carbocycles. The third-order valence-electron chi connectivity index (χ3n) is 1.84. The number of carbonyl (C=O) groups is 3. The van der Waals surface area contributed by atoms with E-state index in [1.807, 2.05) is 6.92 Å². The third-order valence-corrected chi connectivity index (χ3v) is 1.84. The molecule has 102 valence electrons. The average Bonchev–Trinajstić information content (AvgIpc) is 2.28. The Hall–Kier alpha value is -1.89. The zero-order chi connectivity index (χ0) is 14.0. The molecule has 0 aromatic carbocycles. The smallest absolute Gasteiger partial charge is 0.329 e. The maximum atomic E-state index is 11.6. The van der Waals surface area contributed by atoms with Crippen LogP contribution in [0.25, 0.3) is 0 Å². The number of urea groups is 1. The minimum atomic E-state index is -1.17. The van der Waals surface area contributed by atoms with Crippen LogP contribution in [-0.4, -0.2) is 54.2 Å². The number of carboxylic acid groups (broad SMARTS) is 1. The Kier molecular flexibility index (Phi) is 8.21. The number of imide groups is 1. The second-order valence-electron chi connectivity index (χ2n) is 3.47. The second-order valence-corrected chi connectivity index (χ2v) is 3.47. The van der Waals surface area contributed by atoms with Crippen molar-refractivity contribution in [2.75, 3.05) is 26.3 Å². The average molecular weight is 258 g/mol. The first kappa shape index (κ1) is 16.1. The number of hydrogen-bond acceptors (Lipinski definition) is 4. The molecular formula is C11H18N2O5. The molecule has 7 nitrogen and oxygen atoms in total. The molecular weight excluding hydrogens is 240 g/mol. The highest BCUT2D eigenvalue weighted by molar-refractivity contribution is 5.95. The molecule has 0 atom stereocenters. The fourth-order valence-corrected chi connectivity index (χ4v) is 1.17. The number of nitrogens with zero attached hydrogens (tertiary/aromatic N) is 1. The zero-order valence-corrected chi connectivity index (χ0v) is 10.3. The minimum absolute atomic E-state index is 0.336. The van der Waals surface area contributed by atoms with Crippen LogP contribution < -0.4 is 5.32 Å². The molecule has 0 aliphatic rings. The van der Waals surface area contributed by atoms with Gasteiger partial charge < -0.3 is 14.7 Å². The molecule has 0 heterocycles. The number of amides is 3. The van der Waals surface area contributed by atoms with Crippen molar-refractivity contribution in [3.8, 4) is 0 Å². The summed E-state index contributed by atoms with van der Waals surface area (Å²) in [6, 6.07) is -0.541. The van der Waals surface area contributed by atoms with Gasteiger partial charge in [0.1, 0.15) is 13.2 Å². The van der Waals surface area contributed by atoms with Gasteiger partial charge in [-0.2, -0.15) is 0 Å². The molecule has 0 saturated heterocycles. The van der Waals surface area contributed by atoms with Gasteiger partial charge in [0.25, 0.3) is 5.91 Å². The lowest BCUT2D eigenvalue weighted by Gasteiger charge is -2.20. The van der Waals surface area contributed by atoms with Gasteiger partial charge in [0.15, 0.2) is 0 Å². The van der Waals surface area contributed by atoms with E-state index < -0.39 is 31.1 Å². The molecule has 7 heteroatoms. The first-order valence-corrected chi connectivity index (χ1v) is 5.50. The van der Waals surface area contributed by atoms with Crippen molar-refractivity contribution in [3.63, 3.8) is 0 Å². The second kappa shape index (κ2) is 9.17. The van der Waals surface area contributed by atoms with Crippen molar-refractivity contribution in [1.29, 1.82) is 0 Å². The molecule has 0 rings (SSSR count). The molecule has 0 aromatic rings. The van der Waals surface area contributed by atoms with Gasteiger partial charge in [-0.05, 0) is 6.42 Å². The summed E-state index contributed by atoms with van der Waals surface area (Å²) in [7, 11) is 0. The maximum Gasteiger partial charge on any atom is 0.329 e. The monoisotopic (exact) mass is 258 g/mol. The number of aliphatic carboxylic acids is 1. The summed E-state index contributed by atoms with van der Waals surface area (Å²) in [6.07, 6.45) is 2.31. The normalized spacial score (nSPS) is 9.61. The molecule has 0 unspecified atom stereocenters. The third kappa shape index (κ3) is 7.39. The Morgan fingerprint density at radius 3 is 2.56 bits per heavy atom. The first-order chi connectivity index (χ1) is 8.51. The SMILES string of the molecule is C=CCN(CCC)C(=O)NC(=O)COCC(=O)O. The summed E-state index contributed by atoms with van der Waals surface area (Å²) in [5.74, 6) is -1.85. The van der Waals surface area contributed by atoms with Crippen LogP contribution in [0.5, 0.6) is 0 Å². The van der Waals surface area contributed by atoms with Crippen molar-refractivity contribution in [1.82, 2.24) is 10.2 Å². The Labute approximate surface area is 105 Å². The summed E-state index contributed by atoms with van der Waals surface area (Å²) in [5.41, 5.74) is 0. The largest absolute Gasteiger partial charge is 0.480 e. The zero-order valence-electron chi connectivity index (χ0n) is 10.3. The number of carbonyl (C=O) groups excluding carboxylic acids is 2. The van der Waals surface area contributed by atoms with E-state index in [1.165, 1.54) is 4.90 Å². The molecule has 0 saturated carbocycles. The van der Waals surface area contributed by atoms with E-state index in [1.54, 1.807) is 6.08 Å². The van der Waals surface area contributed by atoms with Crippen LogP contribution in [0.3, 0.4) is 0 Å². The predicted molar refractivity (Wildman–Crippen MR) is 64.1 cm³/mol. The highest BCUT2D eigenvalue weighted by Gasteiger charge is 2.14. The van der Waals surface area contributed by atoms with E-state index in [0.717, 1.165) is 6.42 Å². The Balaban J connectivity index is 4.06. The summed E-state index contributed by atoms with van der Waals surface area (Å²) in [6.45, 7) is 5.22. The molecule has 0 aliphatic heterocycles. The Morgan fingerprint density at radius 1 is 1.39 bits per heavy atom. The lowest BCUT2D eigenvalue weighted by molar-refractivity contribution is -0.143. The van der Waals surface area contributed by atoms with Crippen molar-refractivity contribution < 1.29 is 24.2 Å². The number of hydrogen-bond donors (Lipinski definition) is 2. The molecule has 3 amide bonds. The van der Waals surface area contributed by atoms with Crippen LogP contribution >= 0.6 is 0 Å². The predicted octanol–water partition coefficient (Wildman–Crippen LogP) is 0.222. The number of ether oxygens (including phenoxy) is 1. The Morgan fingerprint density at radius 2 is 2.06 bits per heavy atom. The quantitative estimate of drug-likeness (QED) is 0.607. The van der Waals surface area contributed by atoms with Gasteiger partial charge in [0.2, 0.25) is 0 Å². The van der Waals surface area contributed by atoms with Gasteiger partial charge in [-0.1, -0.05) is 13.0 Å². The molecule has 0 aromatic heterocycles. The topological polar surface area (TPSA) is 95.9 Å². The van der Waals surface area contributed by atoms with E-state index in [-0.39, 0.29) is 0 Å². The van der Waals surface area contributed by atoms with Crippen molar-refractivity contribution in [2.45, 2.75) is 13.3 Å². The van der Waals surface area contributed by atoms with E-state index in [4.69, 9.17) is 5.11 Å². The number of rotatable bonds is 8. The maximum absolute atomic E-state index is 11.6. The van der Waals surface area contributed by atoms with Crippen LogP contribution in [0.15, 0.2) is 12.7 Å². The van der Waals surface area contributed by atoms with Gasteiger partial charge in [-0.25, -0.2) is 9.59 Å². The highest BCUT2D eigenvalue weighted by Crippen LogP contribution is 1.93. The van der Waals surface area contributed by atoms with Crippen LogP contribution in [0.4, 0.5) is 4.79 Å². The summed E-state index contributed by atoms with van der Waals surface area (Å²) >= 11 is 0. The van der Waals surface area contributed by atoms with E-state index in [9.17, 15) is 14.4 Å². The van der Waals surface area contributed by atoms with E-state index in [2.05, 4.69) is 16.6 Å². The van der Waals surface area contributed by atoms with Crippen LogP contribution in [0, 0.1) is 0 Å². The van der Waals surface area contributed by atoms with Crippen LogP contribution in [-0.2, 0) is 14.3 Å². The Bertz CT molecular complexity index is 317. The lowest BCUT2D eigenvalue weighted by Crippen LogP contribution is -2.44. The number of carboxylic acids is 1. The van der Waals surface area contributed by atoms with Gasteiger partial charge in [-0.15, -0.1) is 6.58 Å². The van der Waals surface area contributed by atoms with Crippen molar-refractivity contribution in [2.24, 2.45) is 0 Å². The molecule has 0 fully saturated rings. The fraction of sp³-hybridized carbons (Fsp3) is 0.545. The standard InChI is InChI=1S/C11H18N2O5/c1-3-5-13(6-4-2)11(17)12-9(14)7-18-8-10(15)16/h3H,1,4-8H2,2H3,(H,15,16)(H,12,14,17). The molecule has 2 N–H and O–H groups in total. The summed E-state index contributed by atoms with van der Waals surface area (Å²) in [4.78, 5) is 34.4. The highest BCUT2D eigenvalue weighted by atomic mass is 16.5. The molecule has 18 heavy (non-hydrogen) atoms. The molecule has 0 bridgehead atoms. The molecule has 0 radical (unpaired) electrons. The minimum Gasteiger partial charge on any atom is -0.480 e. The summed E-state index contributed by atoms with van der Waals surface area (Å²) < 4.78 is 4.55. The van der Waals surface area contributed by atoms with E-state index >= 15 is 0 Å². The van der Waals surface area contributed by atoms with Gasteiger partial charge in [0.05, 0.1) is 0 Å². The summed E-state index contributed by atoms with van der Waals surface area (Å²) in [5, 5.41) is 10.4. The van der Waals surface area contributed by atoms with Crippen molar-refractivity contribution in [3.05, 3.63) is 12.7 Å². The van der Waals surface area contributed by atoms with E-state index in [0.29, 0.717) is 13.1 Å². The van der Waals surface area contributed by atoms with Gasteiger partial charge in [0, 0.05) is 13.1 Å². The fourth-order valence-electron chi connectivity index (χ4n) is 1.17.